The highest BCUT2D eigenvalue weighted by atomic mass is 79.9. The van der Waals surface area contributed by atoms with Crippen LogP contribution in [0.1, 0.15) is 11.1 Å². The van der Waals surface area contributed by atoms with Gasteiger partial charge in [-0.05, 0) is 37.3 Å². The fourth-order valence-electron chi connectivity index (χ4n) is 1.52. The van der Waals surface area contributed by atoms with E-state index in [-0.39, 0.29) is 15.8 Å². The molecule has 0 aliphatic heterocycles. The summed E-state index contributed by atoms with van der Waals surface area (Å²) in [5.74, 6) is -0.598. The molecule has 2 rings (SSSR count). The van der Waals surface area contributed by atoms with Crippen LogP contribution in [0.5, 0.6) is 5.75 Å². The smallest absolute Gasteiger partial charge is 0.294 e. The summed E-state index contributed by atoms with van der Waals surface area (Å²) < 4.78 is 30.3. The van der Waals surface area contributed by atoms with Gasteiger partial charge in [0.2, 0.25) is 5.96 Å². The van der Waals surface area contributed by atoms with Crippen LogP contribution < -0.4 is 5.73 Å². The number of benzene rings is 2. The molecule has 0 aliphatic rings. The number of nitrogens with zero attached hydrogens (tertiary/aromatic N) is 2. The first kappa shape index (κ1) is 21.6. The van der Waals surface area contributed by atoms with E-state index in [1.54, 1.807) is 24.3 Å². The number of nitrogens with one attached hydrogen (secondary N) is 1. The number of hydroxylamine groups is 1. The van der Waals surface area contributed by atoms with E-state index in [0.717, 1.165) is 10.0 Å². The van der Waals surface area contributed by atoms with Gasteiger partial charge in [-0.25, -0.2) is 0 Å². The Labute approximate surface area is 158 Å². The lowest BCUT2D eigenvalue weighted by atomic mass is 10.2. The van der Waals surface area contributed by atoms with Gasteiger partial charge < -0.3 is 10.8 Å². The van der Waals surface area contributed by atoms with E-state index < -0.39 is 16.1 Å². The molecule has 0 saturated carbocycles. The van der Waals surface area contributed by atoms with Gasteiger partial charge in [0.1, 0.15) is 5.75 Å². The van der Waals surface area contributed by atoms with E-state index in [1.165, 1.54) is 24.4 Å². The lowest BCUT2D eigenvalue weighted by Gasteiger charge is -2.06. The maximum absolute atomic E-state index is 10.5. The molecule has 9 nitrogen and oxygen atoms in total. The Morgan fingerprint density at radius 1 is 1.27 bits per heavy atom. The molecule has 0 saturated heterocycles. The molecule has 0 atom stereocenters. The molecular weight excluding hydrogens is 428 g/mol. The van der Waals surface area contributed by atoms with Crippen LogP contribution in [0, 0.1) is 12.3 Å². The number of guanidine groups is 1. The first-order valence-corrected chi connectivity index (χ1v) is 9.13. The molecular formula is C15H17BrN4O5S. The summed E-state index contributed by atoms with van der Waals surface area (Å²) >= 11 is 3.22. The minimum absolute atomic E-state index is 0.0129. The van der Waals surface area contributed by atoms with Crippen molar-refractivity contribution in [1.29, 1.82) is 5.41 Å². The van der Waals surface area contributed by atoms with Crippen molar-refractivity contribution in [2.75, 3.05) is 0 Å². The highest BCUT2D eigenvalue weighted by Crippen LogP contribution is 2.20. The summed E-state index contributed by atoms with van der Waals surface area (Å²) in [4.78, 5) is -0.0666. The quantitative estimate of drug-likeness (QED) is 0.210. The van der Waals surface area contributed by atoms with E-state index in [0.29, 0.717) is 5.56 Å². The Bertz CT molecular complexity index is 901. The second kappa shape index (κ2) is 9.29. The van der Waals surface area contributed by atoms with Crippen LogP contribution >= 0.6 is 15.9 Å². The second-order valence-electron chi connectivity index (χ2n) is 4.91. The van der Waals surface area contributed by atoms with Crippen LogP contribution in [-0.4, -0.2) is 40.6 Å². The largest absolute Gasteiger partial charge is 0.507 e. The number of nitrogens with two attached hydrogens (primary N) is 1. The van der Waals surface area contributed by atoms with E-state index in [1.807, 2.05) is 6.92 Å². The van der Waals surface area contributed by atoms with Gasteiger partial charge in [-0.15, -0.1) is 5.17 Å². The van der Waals surface area contributed by atoms with Crippen molar-refractivity contribution in [2.45, 2.75) is 11.8 Å². The van der Waals surface area contributed by atoms with Gasteiger partial charge >= 0.3 is 0 Å². The summed E-state index contributed by atoms with van der Waals surface area (Å²) in [6.07, 6.45) is 1.18. The number of hydrazone groups is 1. The lowest BCUT2D eigenvalue weighted by molar-refractivity contribution is -0.0139. The third-order valence-electron chi connectivity index (χ3n) is 2.83. The standard InChI is InChI=1S/C8H9BrN4O2.C7H8O3S/c9-6-1-2-7(14)5(3-6)4-12-13(15)8(10)11;1-6-2-4-7(5-3-6)11(8,9)10/h1-4,14-15H,(H3,10,11);2-5H,1H3,(H,8,9,10). The highest BCUT2D eigenvalue weighted by molar-refractivity contribution is 9.10. The van der Waals surface area contributed by atoms with Gasteiger partial charge in [0.05, 0.1) is 11.1 Å². The zero-order chi connectivity index (χ0) is 19.9. The number of hydrogen-bond acceptors (Lipinski definition) is 6. The average Bonchev–Trinajstić information content (AvgIpc) is 2.55. The molecule has 0 amide bonds. The summed E-state index contributed by atoms with van der Waals surface area (Å²) in [5, 5.41) is 28.8. The van der Waals surface area contributed by atoms with E-state index in [2.05, 4.69) is 21.0 Å². The fraction of sp³-hybridized carbons (Fsp3) is 0.0667. The van der Waals surface area contributed by atoms with Gasteiger partial charge in [0, 0.05) is 10.0 Å². The molecule has 0 unspecified atom stereocenters. The lowest BCUT2D eigenvalue weighted by Crippen LogP contribution is -2.28. The minimum atomic E-state index is -4.02. The molecule has 0 aromatic heterocycles. The van der Waals surface area contributed by atoms with Crippen molar-refractivity contribution < 1.29 is 23.3 Å². The predicted octanol–water partition coefficient (Wildman–Crippen LogP) is 2.31. The molecule has 0 heterocycles. The third-order valence-corrected chi connectivity index (χ3v) is 4.19. The Morgan fingerprint density at radius 2 is 1.85 bits per heavy atom. The zero-order valence-corrected chi connectivity index (χ0v) is 15.9. The first-order chi connectivity index (χ1) is 12.0. The zero-order valence-electron chi connectivity index (χ0n) is 13.5. The molecule has 0 fully saturated rings. The Balaban J connectivity index is 0.000000273. The molecule has 0 spiro atoms. The predicted molar refractivity (Wildman–Crippen MR) is 99.9 cm³/mol. The molecule has 0 bridgehead atoms. The van der Waals surface area contributed by atoms with Gasteiger partial charge in [-0.1, -0.05) is 33.6 Å². The van der Waals surface area contributed by atoms with Crippen molar-refractivity contribution in [3.8, 4) is 5.75 Å². The van der Waals surface area contributed by atoms with Crippen LogP contribution in [0.3, 0.4) is 0 Å². The highest BCUT2D eigenvalue weighted by Gasteiger charge is 2.06. The third kappa shape index (κ3) is 7.19. The van der Waals surface area contributed by atoms with Crippen LogP contribution in [0.25, 0.3) is 0 Å². The van der Waals surface area contributed by atoms with Gasteiger partial charge in [0.15, 0.2) is 0 Å². The topological polar surface area (TPSA) is 160 Å². The fourth-order valence-corrected chi connectivity index (χ4v) is 2.38. The number of hydrogen-bond donors (Lipinski definition) is 5. The van der Waals surface area contributed by atoms with Crippen molar-refractivity contribution in [2.24, 2.45) is 10.8 Å². The maximum Gasteiger partial charge on any atom is 0.294 e. The Kier molecular flexibility index (Phi) is 7.71. The minimum Gasteiger partial charge on any atom is -0.507 e. The van der Waals surface area contributed by atoms with Crippen molar-refractivity contribution in [3.63, 3.8) is 0 Å². The maximum atomic E-state index is 10.5. The molecule has 2 aromatic carbocycles. The van der Waals surface area contributed by atoms with Crippen molar-refractivity contribution in [3.05, 3.63) is 58.1 Å². The number of aryl methyl sites for hydroxylation is 1. The van der Waals surface area contributed by atoms with E-state index in [4.69, 9.17) is 20.9 Å². The van der Waals surface area contributed by atoms with Crippen molar-refractivity contribution >= 4 is 38.2 Å². The van der Waals surface area contributed by atoms with Gasteiger partial charge in [-0.2, -0.15) is 13.5 Å². The summed E-state index contributed by atoms with van der Waals surface area (Å²) in [6, 6.07) is 10.7. The second-order valence-corrected chi connectivity index (χ2v) is 7.25. The molecule has 0 aliphatic carbocycles. The Morgan fingerprint density at radius 3 is 2.35 bits per heavy atom. The first-order valence-electron chi connectivity index (χ1n) is 6.90. The summed E-state index contributed by atoms with van der Waals surface area (Å²) in [5.41, 5.74) is 6.29. The average molecular weight is 445 g/mol. The summed E-state index contributed by atoms with van der Waals surface area (Å²) in [6.45, 7) is 1.84. The molecule has 0 radical (unpaired) electrons. The molecule has 11 heteroatoms. The molecule has 26 heavy (non-hydrogen) atoms. The van der Waals surface area contributed by atoms with Crippen LogP contribution in [0.4, 0.5) is 0 Å². The van der Waals surface area contributed by atoms with E-state index >= 15 is 0 Å². The van der Waals surface area contributed by atoms with Gasteiger partial charge in [0.25, 0.3) is 10.1 Å². The van der Waals surface area contributed by atoms with Crippen LogP contribution in [-0.2, 0) is 10.1 Å². The van der Waals surface area contributed by atoms with Gasteiger partial charge in [-0.3, -0.25) is 15.2 Å². The molecule has 2 aromatic rings. The molecule has 6 N–H and O–H groups in total. The monoisotopic (exact) mass is 444 g/mol. The number of rotatable bonds is 3. The van der Waals surface area contributed by atoms with Crippen LogP contribution in [0.2, 0.25) is 0 Å². The number of halogens is 1. The number of phenols is 1. The Hall–Kier alpha value is -2.47. The normalized spacial score (nSPS) is 10.9. The van der Waals surface area contributed by atoms with Crippen molar-refractivity contribution in [1.82, 2.24) is 5.17 Å². The number of phenolic OH excluding ortho intramolecular Hbond substituents is 1. The van der Waals surface area contributed by atoms with E-state index in [9.17, 15) is 13.5 Å². The summed E-state index contributed by atoms with van der Waals surface area (Å²) in [7, 11) is -4.02. The SMILES string of the molecule is Cc1ccc(S(=O)(=O)O)cc1.N=C(N)N(O)N=Cc1cc(Br)ccc1O. The number of aromatic hydroxyl groups is 1. The molecule has 140 valence electrons. The van der Waals surface area contributed by atoms with Crippen LogP contribution in [0.15, 0.2) is 56.9 Å².